The molecule has 16 heavy (non-hydrogen) atoms. The second kappa shape index (κ2) is 5.99. The number of piperidine rings is 1. The SMILES string of the molecule is CC(C1CCOC1)N1CCCC(CCN)C1. The van der Waals surface area contributed by atoms with Crippen LogP contribution in [0.3, 0.4) is 0 Å². The molecule has 2 fully saturated rings. The van der Waals surface area contributed by atoms with Gasteiger partial charge in [-0.05, 0) is 57.5 Å². The van der Waals surface area contributed by atoms with Gasteiger partial charge in [0.15, 0.2) is 0 Å². The minimum atomic E-state index is 0.697. The highest BCUT2D eigenvalue weighted by Gasteiger charge is 2.30. The number of hydrogen-bond acceptors (Lipinski definition) is 3. The van der Waals surface area contributed by atoms with E-state index >= 15 is 0 Å². The van der Waals surface area contributed by atoms with E-state index in [2.05, 4.69) is 11.8 Å². The fourth-order valence-corrected chi connectivity index (χ4v) is 3.17. The van der Waals surface area contributed by atoms with E-state index in [0.29, 0.717) is 6.04 Å². The van der Waals surface area contributed by atoms with Gasteiger partial charge in [0.2, 0.25) is 0 Å². The summed E-state index contributed by atoms with van der Waals surface area (Å²) < 4.78 is 5.50. The van der Waals surface area contributed by atoms with Crippen LogP contribution >= 0.6 is 0 Å². The Morgan fingerprint density at radius 2 is 2.31 bits per heavy atom. The van der Waals surface area contributed by atoms with Crippen LogP contribution in [0.25, 0.3) is 0 Å². The van der Waals surface area contributed by atoms with Crippen molar-refractivity contribution in [1.29, 1.82) is 0 Å². The van der Waals surface area contributed by atoms with Gasteiger partial charge in [-0.2, -0.15) is 0 Å². The van der Waals surface area contributed by atoms with Crippen LogP contribution in [0.5, 0.6) is 0 Å². The van der Waals surface area contributed by atoms with Gasteiger partial charge in [0.1, 0.15) is 0 Å². The molecule has 3 atom stereocenters. The van der Waals surface area contributed by atoms with E-state index in [1.165, 1.54) is 38.8 Å². The average Bonchev–Trinajstić information content (AvgIpc) is 2.82. The minimum Gasteiger partial charge on any atom is -0.381 e. The van der Waals surface area contributed by atoms with Gasteiger partial charge in [-0.1, -0.05) is 0 Å². The van der Waals surface area contributed by atoms with Crippen molar-refractivity contribution in [3.05, 3.63) is 0 Å². The molecule has 3 nitrogen and oxygen atoms in total. The Bertz CT molecular complexity index is 202. The van der Waals surface area contributed by atoms with Crippen LogP contribution in [0.2, 0.25) is 0 Å². The Kier molecular flexibility index (Phi) is 4.62. The first-order chi connectivity index (χ1) is 7.81. The predicted molar refractivity (Wildman–Crippen MR) is 66.4 cm³/mol. The maximum Gasteiger partial charge on any atom is 0.0509 e. The smallest absolute Gasteiger partial charge is 0.0509 e. The van der Waals surface area contributed by atoms with Gasteiger partial charge in [0, 0.05) is 19.2 Å². The summed E-state index contributed by atoms with van der Waals surface area (Å²) in [6.07, 6.45) is 5.17. The van der Waals surface area contributed by atoms with E-state index in [4.69, 9.17) is 10.5 Å². The van der Waals surface area contributed by atoms with Gasteiger partial charge >= 0.3 is 0 Å². The van der Waals surface area contributed by atoms with Crippen molar-refractivity contribution in [2.75, 3.05) is 32.8 Å². The van der Waals surface area contributed by atoms with Crippen molar-refractivity contribution in [2.24, 2.45) is 17.6 Å². The van der Waals surface area contributed by atoms with Crippen LogP contribution in [0, 0.1) is 11.8 Å². The summed E-state index contributed by atoms with van der Waals surface area (Å²) in [7, 11) is 0. The highest BCUT2D eigenvalue weighted by molar-refractivity contribution is 4.83. The molecule has 0 amide bonds. The van der Waals surface area contributed by atoms with E-state index in [1.807, 2.05) is 0 Å². The fraction of sp³-hybridized carbons (Fsp3) is 1.00. The summed E-state index contributed by atoms with van der Waals surface area (Å²) in [5.74, 6) is 1.60. The molecule has 3 heteroatoms. The molecule has 2 rings (SSSR count). The molecule has 0 spiro atoms. The molecule has 3 unspecified atom stereocenters. The molecular weight excluding hydrogens is 200 g/mol. The summed E-state index contributed by atoms with van der Waals surface area (Å²) in [6, 6.07) is 0.697. The third-order valence-corrected chi connectivity index (χ3v) is 4.35. The molecule has 2 heterocycles. The summed E-state index contributed by atoms with van der Waals surface area (Å²) in [4.78, 5) is 2.67. The molecule has 94 valence electrons. The van der Waals surface area contributed by atoms with E-state index in [1.54, 1.807) is 0 Å². The van der Waals surface area contributed by atoms with Gasteiger partial charge in [-0.15, -0.1) is 0 Å². The predicted octanol–water partition coefficient (Wildman–Crippen LogP) is 1.47. The van der Waals surface area contributed by atoms with Crippen molar-refractivity contribution in [3.63, 3.8) is 0 Å². The lowest BCUT2D eigenvalue weighted by Gasteiger charge is -2.39. The van der Waals surface area contributed by atoms with E-state index in [-0.39, 0.29) is 0 Å². The lowest BCUT2D eigenvalue weighted by atomic mass is 9.91. The summed E-state index contributed by atoms with van der Waals surface area (Å²) in [6.45, 7) is 7.70. The van der Waals surface area contributed by atoms with Gasteiger partial charge in [-0.25, -0.2) is 0 Å². The molecular formula is C13H26N2O. The van der Waals surface area contributed by atoms with Crippen LogP contribution in [-0.4, -0.2) is 43.8 Å². The van der Waals surface area contributed by atoms with Gasteiger partial charge < -0.3 is 15.4 Å². The van der Waals surface area contributed by atoms with Crippen molar-refractivity contribution in [3.8, 4) is 0 Å². The second-order valence-electron chi connectivity index (χ2n) is 5.44. The van der Waals surface area contributed by atoms with Crippen LogP contribution in [-0.2, 0) is 4.74 Å². The normalized spacial score (nSPS) is 34.1. The number of likely N-dealkylation sites (tertiary alicyclic amines) is 1. The second-order valence-corrected chi connectivity index (χ2v) is 5.44. The Labute approximate surface area is 99.3 Å². The largest absolute Gasteiger partial charge is 0.381 e. The van der Waals surface area contributed by atoms with Crippen molar-refractivity contribution in [1.82, 2.24) is 4.90 Å². The molecule has 0 aliphatic carbocycles. The first-order valence-corrected chi connectivity index (χ1v) is 6.83. The summed E-state index contributed by atoms with van der Waals surface area (Å²) in [5.41, 5.74) is 5.66. The number of hydrogen-bond donors (Lipinski definition) is 1. The molecule has 0 saturated carbocycles. The molecule has 0 aromatic rings. The highest BCUT2D eigenvalue weighted by Crippen LogP contribution is 2.26. The zero-order valence-corrected chi connectivity index (χ0v) is 10.5. The maximum atomic E-state index is 5.66. The van der Waals surface area contributed by atoms with E-state index in [0.717, 1.165) is 31.6 Å². The molecule has 0 aromatic heterocycles. The first-order valence-electron chi connectivity index (χ1n) is 6.83. The fourth-order valence-electron chi connectivity index (χ4n) is 3.17. The average molecular weight is 226 g/mol. The molecule has 2 N–H and O–H groups in total. The topological polar surface area (TPSA) is 38.5 Å². The molecule has 0 radical (unpaired) electrons. The Balaban J connectivity index is 1.82. The van der Waals surface area contributed by atoms with Crippen LogP contribution in [0.1, 0.15) is 32.6 Å². The van der Waals surface area contributed by atoms with Gasteiger partial charge in [-0.3, -0.25) is 0 Å². The third-order valence-electron chi connectivity index (χ3n) is 4.35. The monoisotopic (exact) mass is 226 g/mol. The van der Waals surface area contributed by atoms with Crippen LogP contribution in [0.4, 0.5) is 0 Å². The quantitative estimate of drug-likeness (QED) is 0.789. The lowest BCUT2D eigenvalue weighted by Crippen LogP contribution is -2.45. The number of rotatable bonds is 4. The van der Waals surface area contributed by atoms with Crippen LogP contribution in [0.15, 0.2) is 0 Å². The number of nitrogens with two attached hydrogens (primary N) is 1. The molecule has 2 aliphatic rings. The minimum absolute atomic E-state index is 0.697. The van der Waals surface area contributed by atoms with Crippen molar-refractivity contribution >= 4 is 0 Å². The van der Waals surface area contributed by atoms with Gasteiger partial charge in [0.05, 0.1) is 6.61 Å². The summed E-state index contributed by atoms with van der Waals surface area (Å²) >= 11 is 0. The molecule has 0 bridgehead atoms. The lowest BCUT2D eigenvalue weighted by molar-refractivity contribution is 0.0851. The maximum absolute atomic E-state index is 5.66. The van der Waals surface area contributed by atoms with Gasteiger partial charge in [0.25, 0.3) is 0 Å². The Hall–Kier alpha value is -0.120. The number of ether oxygens (including phenoxy) is 1. The van der Waals surface area contributed by atoms with Crippen LogP contribution < -0.4 is 5.73 Å². The zero-order chi connectivity index (χ0) is 11.4. The van der Waals surface area contributed by atoms with Crippen molar-refractivity contribution in [2.45, 2.75) is 38.6 Å². The van der Waals surface area contributed by atoms with E-state index in [9.17, 15) is 0 Å². The standard InChI is InChI=1S/C13H26N2O/c1-11(13-5-8-16-10-13)15-7-2-3-12(9-15)4-6-14/h11-13H,2-10,14H2,1H3. The zero-order valence-electron chi connectivity index (χ0n) is 10.5. The Morgan fingerprint density at radius 3 is 3.00 bits per heavy atom. The summed E-state index contributed by atoms with van der Waals surface area (Å²) in [5, 5.41) is 0. The van der Waals surface area contributed by atoms with Crippen molar-refractivity contribution < 1.29 is 4.74 Å². The molecule has 0 aromatic carbocycles. The first kappa shape index (κ1) is 12.3. The Morgan fingerprint density at radius 1 is 1.44 bits per heavy atom. The highest BCUT2D eigenvalue weighted by atomic mass is 16.5. The number of nitrogens with zero attached hydrogens (tertiary/aromatic N) is 1. The van der Waals surface area contributed by atoms with E-state index < -0.39 is 0 Å². The third kappa shape index (κ3) is 2.96. The molecule has 2 aliphatic heterocycles. The molecule has 2 saturated heterocycles.